The molecule has 0 bridgehead atoms. The highest BCUT2D eigenvalue weighted by atomic mass is 19.1. The van der Waals surface area contributed by atoms with Gasteiger partial charge >= 0.3 is 6.03 Å². The molecule has 0 aromatic heterocycles. The second kappa shape index (κ2) is 7.56. The number of carbonyl (C=O) groups excluding carboxylic acids is 2. The van der Waals surface area contributed by atoms with Crippen LogP contribution in [0, 0.1) is 17.5 Å². The van der Waals surface area contributed by atoms with Crippen molar-refractivity contribution in [2.75, 3.05) is 19.0 Å². The Bertz CT molecular complexity index is 868. The van der Waals surface area contributed by atoms with Crippen LogP contribution < -0.4 is 20.7 Å². The van der Waals surface area contributed by atoms with E-state index in [0.29, 0.717) is 0 Å². The largest absolute Gasteiger partial charge is 0.497 e. The topological polar surface area (TPSA) is 79.5 Å². The van der Waals surface area contributed by atoms with Gasteiger partial charge in [-0.25, -0.2) is 18.0 Å². The van der Waals surface area contributed by atoms with Crippen LogP contribution >= 0.6 is 0 Å². The van der Waals surface area contributed by atoms with E-state index in [0.717, 1.165) is 18.2 Å². The SMILES string of the molecule is COc1cc(F)c(C2CNC(=O)C2NC(=O)Nc2cccc(F)c2)c(F)c1. The van der Waals surface area contributed by atoms with Gasteiger partial charge in [0.25, 0.3) is 0 Å². The highest BCUT2D eigenvalue weighted by molar-refractivity contribution is 5.95. The zero-order chi connectivity index (χ0) is 19.6. The van der Waals surface area contributed by atoms with E-state index in [1.165, 1.54) is 25.3 Å². The highest BCUT2D eigenvalue weighted by Crippen LogP contribution is 2.31. The number of hydrogen-bond acceptors (Lipinski definition) is 3. The summed E-state index contributed by atoms with van der Waals surface area (Å²) in [7, 11) is 1.27. The third-order valence-corrected chi connectivity index (χ3v) is 4.21. The smallest absolute Gasteiger partial charge is 0.319 e. The van der Waals surface area contributed by atoms with Crippen LogP contribution in [0.1, 0.15) is 11.5 Å². The third kappa shape index (κ3) is 3.97. The van der Waals surface area contributed by atoms with Crippen molar-refractivity contribution in [3.8, 4) is 5.75 Å². The van der Waals surface area contributed by atoms with Crippen LogP contribution in [-0.2, 0) is 4.79 Å². The Morgan fingerprint density at radius 3 is 2.52 bits per heavy atom. The van der Waals surface area contributed by atoms with Crippen LogP contribution in [0.5, 0.6) is 5.75 Å². The molecule has 142 valence electrons. The van der Waals surface area contributed by atoms with Crippen molar-refractivity contribution in [1.29, 1.82) is 0 Å². The van der Waals surface area contributed by atoms with Crippen LogP contribution in [0.25, 0.3) is 0 Å². The summed E-state index contributed by atoms with van der Waals surface area (Å²) in [4.78, 5) is 24.2. The van der Waals surface area contributed by atoms with Gasteiger partial charge in [-0.1, -0.05) is 6.07 Å². The molecule has 3 amide bonds. The maximum Gasteiger partial charge on any atom is 0.319 e. The van der Waals surface area contributed by atoms with E-state index in [1.807, 2.05) is 0 Å². The Morgan fingerprint density at radius 2 is 1.89 bits per heavy atom. The van der Waals surface area contributed by atoms with Crippen molar-refractivity contribution in [2.24, 2.45) is 0 Å². The summed E-state index contributed by atoms with van der Waals surface area (Å²) >= 11 is 0. The van der Waals surface area contributed by atoms with Gasteiger partial charge < -0.3 is 20.7 Å². The summed E-state index contributed by atoms with van der Waals surface area (Å²) in [6.07, 6.45) is 0. The molecule has 3 rings (SSSR count). The number of nitrogens with one attached hydrogen (secondary N) is 3. The quantitative estimate of drug-likeness (QED) is 0.764. The lowest BCUT2D eigenvalue weighted by atomic mass is 9.93. The molecule has 1 fully saturated rings. The van der Waals surface area contributed by atoms with Crippen molar-refractivity contribution in [3.05, 3.63) is 59.4 Å². The first-order chi connectivity index (χ1) is 12.9. The van der Waals surface area contributed by atoms with Crippen LogP contribution in [0.4, 0.5) is 23.7 Å². The molecule has 2 aromatic rings. The number of urea groups is 1. The Kier molecular flexibility index (Phi) is 5.20. The molecule has 1 aliphatic rings. The first-order valence-corrected chi connectivity index (χ1v) is 8.02. The standard InChI is InChI=1S/C18H16F3N3O3/c1-27-11-6-13(20)15(14(21)7-11)12-8-22-17(25)16(12)24-18(26)23-10-4-2-3-9(19)5-10/h2-7,12,16H,8H2,1H3,(H,22,25)(H2,23,24,26). The van der Waals surface area contributed by atoms with Crippen molar-refractivity contribution in [1.82, 2.24) is 10.6 Å². The van der Waals surface area contributed by atoms with Gasteiger partial charge in [-0.05, 0) is 18.2 Å². The number of anilines is 1. The van der Waals surface area contributed by atoms with E-state index in [2.05, 4.69) is 16.0 Å². The summed E-state index contributed by atoms with van der Waals surface area (Å²) < 4.78 is 46.7. The molecule has 27 heavy (non-hydrogen) atoms. The summed E-state index contributed by atoms with van der Waals surface area (Å²) in [5, 5.41) is 7.22. The van der Waals surface area contributed by atoms with Gasteiger partial charge in [0.15, 0.2) is 0 Å². The minimum Gasteiger partial charge on any atom is -0.497 e. The number of hydrogen-bond donors (Lipinski definition) is 3. The fourth-order valence-electron chi connectivity index (χ4n) is 2.96. The predicted molar refractivity (Wildman–Crippen MR) is 91.0 cm³/mol. The molecule has 1 aliphatic heterocycles. The summed E-state index contributed by atoms with van der Waals surface area (Å²) in [6, 6.07) is 5.16. The van der Waals surface area contributed by atoms with Gasteiger partial charge in [-0.15, -0.1) is 0 Å². The Hall–Kier alpha value is -3.23. The van der Waals surface area contributed by atoms with E-state index in [-0.39, 0.29) is 23.5 Å². The number of halogens is 3. The van der Waals surface area contributed by atoms with Crippen LogP contribution in [0.15, 0.2) is 36.4 Å². The Labute approximate surface area is 152 Å². The number of benzene rings is 2. The molecule has 0 radical (unpaired) electrons. The molecule has 9 heteroatoms. The molecule has 2 aromatic carbocycles. The molecule has 1 saturated heterocycles. The molecule has 0 spiro atoms. The molecule has 2 unspecified atom stereocenters. The van der Waals surface area contributed by atoms with Crippen molar-refractivity contribution in [3.63, 3.8) is 0 Å². The third-order valence-electron chi connectivity index (χ3n) is 4.21. The van der Waals surface area contributed by atoms with Gasteiger partial charge in [-0.3, -0.25) is 4.79 Å². The van der Waals surface area contributed by atoms with Gasteiger partial charge in [0, 0.05) is 35.8 Å². The number of ether oxygens (including phenoxy) is 1. The molecule has 3 N–H and O–H groups in total. The lowest BCUT2D eigenvalue weighted by Crippen LogP contribution is -2.45. The Morgan fingerprint density at radius 1 is 1.19 bits per heavy atom. The molecule has 0 aliphatic carbocycles. The maximum atomic E-state index is 14.3. The average Bonchev–Trinajstić information content (AvgIpc) is 2.95. The van der Waals surface area contributed by atoms with E-state index < -0.39 is 41.3 Å². The molecular weight excluding hydrogens is 363 g/mol. The van der Waals surface area contributed by atoms with Gasteiger partial charge in [0.1, 0.15) is 29.2 Å². The monoisotopic (exact) mass is 379 g/mol. The van der Waals surface area contributed by atoms with E-state index in [4.69, 9.17) is 4.74 Å². The fraction of sp³-hybridized carbons (Fsp3) is 0.222. The van der Waals surface area contributed by atoms with Crippen molar-refractivity contribution >= 4 is 17.6 Å². The average molecular weight is 379 g/mol. The van der Waals surface area contributed by atoms with Crippen molar-refractivity contribution in [2.45, 2.75) is 12.0 Å². The van der Waals surface area contributed by atoms with Gasteiger partial charge in [-0.2, -0.15) is 0 Å². The lowest BCUT2D eigenvalue weighted by molar-refractivity contribution is -0.120. The summed E-state index contributed by atoms with van der Waals surface area (Å²) in [5.74, 6) is -3.85. The number of methoxy groups -OCH3 is 1. The maximum absolute atomic E-state index is 14.3. The Balaban J connectivity index is 1.80. The highest BCUT2D eigenvalue weighted by Gasteiger charge is 2.40. The summed E-state index contributed by atoms with van der Waals surface area (Å²) in [6.45, 7) is -0.0517. The van der Waals surface area contributed by atoms with E-state index >= 15 is 0 Å². The fourth-order valence-corrected chi connectivity index (χ4v) is 2.96. The zero-order valence-corrected chi connectivity index (χ0v) is 14.2. The molecule has 2 atom stereocenters. The van der Waals surface area contributed by atoms with Gasteiger partial charge in [0.2, 0.25) is 5.91 Å². The zero-order valence-electron chi connectivity index (χ0n) is 14.2. The predicted octanol–water partition coefficient (Wildman–Crippen LogP) is 2.52. The second-order valence-corrected chi connectivity index (χ2v) is 5.94. The normalized spacial score (nSPS) is 18.7. The van der Waals surface area contributed by atoms with Crippen LogP contribution in [0.2, 0.25) is 0 Å². The molecule has 1 heterocycles. The summed E-state index contributed by atoms with van der Waals surface area (Å²) in [5.41, 5.74) is -0.158. The molecular formula is C18H16F3N3O3. The second-order valence-electron chi connectivity index (χ2n) is 5.94. The van der Waals surface area contributed by atoms with Crippen LogP contribution in [0.3, 0.4) is 0 Å². The molecule has 0 saturated carbocycles. The van der Waals surface area contributed by atoms with Crippen molar-refractivity contribution < 1.29 is 27.5 Å². The number of carbonyl (C=O) groups is 2. The van der Waals surface area contributed by atoms with Gasteiger partial charge in [0.05, 0.1) is 7.11 Å². The van der Waals surface area contributed by atoms with E-state index in [1.54, 1.807) is 0 Å². The number of amides is 3. The van der Waals surface area contributed by atoms with Crippen LogP contribution in [-0.4, -0.2) is 31.6 Å². The molecule has 6 nitrogen and oxygen atoms in total. The first kappa shape index (κ1) is 18.6. The lowest BCUT2D eigenvalue weighted by Gasteiger charge is -2.20. The minimum absolute atomic E-state index is 0.000566. The van der Waals surface area contributed by atoms with E-state index in [9.17, 15) is 22.8 Å². The minimum atomic E-state index is -1.20. The number of rotatable bonds is 4. The first-order valence-electron chi connectivity index (χ1n) is 8.02.